The Morgan fingerprint density at radius 2 is 1.56 bits per heavy atom. The number of nitrogens with one attached hydrogen (secondary N) is 1. The van der Waals surface area contributed by atoms with Crippen molar-refractivity contribution in [2.45, 2.75) is 25.4 Å². The standard InChI is InChI=1S/C22H30N2O3/c1-25-19-8-6-17(7-9-19)21(24-12-4-5-13-24)16-23-15-18-14-20(26-2)10-11-22(18)27-3/h6-11,14,21,23H,4-5,12-13,15-16H2,1-3H3. The van der Waals surface area contributed by atoms with Gasteiger partial charge < -0.3 is 19.5 Å². The summed E-state index contributed by atoms with van der Waals surface area (Å²) in [5, 5.41) is 3.62. The first kappa shape index (κ1) is 19.5. The lowest BCUT2D eigenvalue weighted by atomic mass is 10.0. The zero-order chi connectivity index (χ0) is 19.1. The zero-order valence-corrected chi connectivity index (χ0v) is 16.5. The van der Waals surface area contributed by atoms with Gasteiger partial charge in [0.15, 0.2) is 0 Å². The Hall–Kier alpha value is -2.24. The number of hydrogen-bond acceptors (Lipinski definition) is 5. The molecule has 1 fully saturated rings. The molecule has 1 saturated heterocycles. The van der Waals surface area contributed by atoms with Crippen molar-refractivity contribution in [2.24, 2.45) is 0 Å². The Labute approximate surface area is 162 Å². The maximum absolute atomic E-state index is 5.49. The van der Waals surface area contributed by atoms with Gasteiger partial charge in [-0.05, 0) is 61.8 Å². The van der Waals surface area contributed by atoms with Crippen molar-refractivity contribution in [2.75, 3.05) is 41.0 Å². The summed E-state index contributed by atoms with van der Waals surface area (Å²) in [7, 11) is 5.10. The second kappa shape index (κ2) is 9.62. The quantitative estimate of drug-likeness (QED) is 0.730. The number of nitrogens with zero attached hydrogens (tertiary/aromatic N) is 1. The number of ether oxygens (including phenoxy) is 3. The van der Waals surface area contributed by atoms with Gasteiger partial charge in [0.2, 0.25) is 0 Å². The Kier molecular flexibility index (Phi) is 6.96. The van der Waals surface area contributed by atoms with Crippen molar-refractivity contribution < 1.29 is 14.2 Å². The number of rotatable bonds is 9. The molecule has 0 spiro atoms. The molecule has 5 heteroatoms. The van der Waals surface area contributed by atoms with Crippen LogP contribution >= 0.6 is 0 Å². The van der Waals surface area contributed by atoms with Crippen LogP contribution in [0.1, 0.15) is 30.0 Å². The molecule has 146 valence electrons. The molecule has 1 heterocycles. The van der Waals surface area contributed by atoms with Crippen LogP contribution < -0.4 is 19.5 Å². The Morgan fingerprint density at radius 1 is 0.889 bits per heavy atom. The first-order valence-corrected chi connectivity index (χ1v) is 9.54. The first-order valence-electron chi connectivity index (χ1n) is 9.54. The normalized spacial score (nSPS) is 15.5. The molecule has 0 bridgehead atoms. The van der Waals surface area contributed by atoms with Crippen molar-refractivity contribution >= 4 is 0 Å². The lowest BCUT2D eigenvalue weighted by Gasteiger charge is -2.28. The fourth-order valence-electron chi connectivity index (χ4n) is 3.70. The van der Waals surface area contributed by atoms with Crippen molar-refractivity contribution in [3.8, 4) is 17.2 Å². The zero-order valence-electron chi connectivity index (χ0n) is 16.5. The lowest BCUT2D eigenvalue weighted by molar-refractivity contribution is 0.238. The molecular formula is C22H30N2O3. The highest BCUT2D eigenvalue weighted by Gasteiger charge is 2.23. The summed E-state index contributed by atoms with van der Waals surface area (Å²) in [5.41, 5.74) is 2.43. The van der Waals surface area contributed by atoms with E-state index < -0.39 is 0 Å². The second-order valence-electron chi connectivity index (χ2n) is 6.84. The molecule has 27 heavy (non-hydrogen) atoms. The van der Waals surface area contributed by atoms with E-state index in [-0.39, 0.29) is 0 Å². The van der Waals surface area contributed by atoms with Crippen LogP contribution in [0.2, 0.25) is 0 Å². The second-order valence-corrected chi connectivity index (χ2v) is 6.84. The van der Waals surface area contributed by atoms with Crippen LogP contribution in [0.3, 0.4) is 0 Å². The Balaban J connectivity index is 1.69. The third-order valence-corrected chi connectivity index (χ3v) is 5.22. The van der Waals surface area contributed by atoms with E-state index in [4.69, 9.17) is 14.2 Å². The molecule has 0 aliphatic carbocycles. The van der Waals surface area contributed by atoms with E-state index >= 15 is 0 Å². The monoisotopic (exact) mass is 370 g/mol. The molecule has 0 amide bonds. The molecule has 2 aromatic carbocycles. The third-order valence-electron chi connectivity index (χ3n) is 5.22. The van der Waals surface area contributed by atoms with Gasteiger partial charge in [0.1, 0.15) is 17.2 Å². The predicted molar refractivity (Wildman–Crippen MR) is 108 cm³/mol. The molecule has 2 aromatic rings. The van der Waals surface area contributed by atoms with Gasteiger partial charge in [0.05, 0.1) is 21.3 Å². The van der Waals surface area contributed by atoms with Crippen LogP contribution in [0, 0.1) is 0 Å². The minimum Gasteiger partial charge on any atom is -0.497 e. The Morgan fingerprint density at radius 3 is 2.19 bits per heavy atom. The first-order chi connectivity index (χ1) is 13.2. The minimum absolute atomic E-state index is 0.356. The van der Waals surface area contributed by atoms with Crippen LogP contribution in [0.5, 0.6) is 17.2 Å². The lowest BCUT2D eigenvalue weighted by Crippen LogP contribution is -2.34. The van der Waals surface area contributed by atoms with Crippen molar-refractivity contribution in [3.05, 3.63) is 53.6 Å². The summed E-state index contributed by atoms with van der Waals surface area (Å²) in [5.74, 6) is 2.62. The highest BCUT2D eigenvalue weighted by atomic mass is 16.5. The molecule has 1 aliphatic rings. The molecule has 1 unspecified atom stereocenters. The van der Waals surface area contributed by atoms with E-state index in [1.807, 2.05) is 30.3 Å². The number of likely N-dealkylation sites (tertiary alicyclic amines) is 1. The van der Waals surface area contributed by atoms with Crippen molar-refractivity contribution in [3.63, 3.8) is 0 Å². The van der Waals surface area contributed by atoms with Gasteiger partial charge in [-0.1, -0.05) is 12.1 Å². The number of benzene rings is 2. The van der Waals surface area contributed by atoms with Gasteiger partial charge in [-0.3, -0.25) is 4.90 Å². The van der Waals surface area contributed by atoms with Gasteiger partial charge >= 0.3 is 0 Å². The third kappa shape index (κ3) is 4.93. The van der Waals surface area contributed by atoms with E-state index in [2.05, 4.69) is 22.3 Å². The molecule has 1 atom stereocenters. The molecule has 0 aromatic heterocycles. The number of methoxy groups -OCH3 is 3. The fourth-order valence-corrected chi connectivity index (χ4v) is 3.70. The van der Waals surface area contributed by atoms with Crippen molar-refractivity contribution in [1.29, 1.82) is 0 Å². The summed E-state index contributed by atoms with van der Waals surface area (Å²) in [6.07, 6.45) is 2.55. The highest BCUT2D eigenvalue weighted by Crippen LogP contribution is 2.27. The van der Waals surface area contributed by atoms with Crippen LogP contribution in [0.4, 0.5) is 0 Å². The SMILES string of the molecule is COc1ccc(C(CNCc2cc(OC)ccc2OC)N2CCCC2)cc1. The van der Waals surface area contributed by atoms with E-state index in [9.17, 15) is 0 Å². The van der Waals surface area contributed by atoms with Crippen LogP contribution in [0.15, 0.2) is 42.5 Å². The number of hydrogen-bond donors (Lipinski definition) is 1. The van der Waals surface area contributed by atoms with Gasteiger partial charge in [0, 0.05) is 24.7 Å². The summed E-state index contributed by atoms with van der Waals surface area (Å²) in [6.45, 7) is 3.93. The average molecular weight is 370 g/mol. The predicted octanol–water partition coefficient (Wildman–Crippen LogP) is 3.64. The molecular weight excluding hydrogens is 340 g/mol. The maximum Gasteiger partial charge on any atom is 0.123 e. The molecule has 3 rings (SSSR count). The van der Waals surface area contributed by atoms with Gasteiger partial charge in [0.25, 0.3) is 0 Å². The van der Waals surface area contributed by atoms with Crippen LogP contribution in [0.25, 0.3) is 0 Å². The average Bonchev–Trinajstić information content (AvgIpc) is 3.25. The van der Waals surface area contributed by atoms with E-state index in [0.717, 1.165) is 49.0 Å². The van der Waals surface area contributed by atoms with Crippen LogP contribution in [-0.4, -0.2) is 45.9 Å². The minimum atomic E-state index is 0.356. The van der Waals surface area contributed by atoms with E-state index in [1.165, 1.54) is 18.4 Å². The molecule has 1 aliphatic heterocycles. The van der Waals surface area contributed by atoms with E-state index in [0.29, 0.717) is 6.04 Å². The van der Waals surface area contributed by atoms with E-state index in [1.54, 1.807) is 21.3 Å². The van der Waals surface area contributed by atoms with Crippen LogP contribution in [-0.2, 0) is 6.54 Å². The molecule has 0 saturated carbocycles. The van der Waals surface area contributed by atoms with Gasteiger partial charge in [-0.25, -0.2) is 0 Å². The molecule has 1 N–H and O–H groups in total. The summed E-state index contributed by atoms with van der Waals surface area (Å²) in [6, 6.07) is 14.7. The van der Waals surface area contributed by atoms with Gasteiger partial charge in [-0.2, -0.15) is 0 Å². The summed E-state index contributed by atoms with van der Waals surface area (Å²) >= 11 is 0. The smallest absolute Gasteiger partial charge is 0.123 e. The Bertz CT molecular complexity index is 712. The molecule has 0 radical (unpaired) electrons. The molecule has 5 nitrogen and oxygen atoms in total. The highest BCUT2D eigenvalue weighted by molar-refractivity contribution is 5.40. The van der Waals surface area contributed by atoms with Crippen molar-refractivity contribution in [1.82, 2.24) is 10.2 Å². The topological polar surface area (TPSA) is 43.0 Å². The largest absolute Gasteiger partial charge is 0.497 e. The fraction of sp³-hybridized carbons (Fsp3) is 0.455. The van der Waals surface area contributed by atoms with Gasteiger partial charge in [-0.15, -0.1) is 0 Å². The maximum atomic E-state index is 5.49. The summed E-state index contributed by atoms with van der Waals surface area (Å²) in [4.78, 5) is 2.57. The summed E-state index contributed by atoms with van der Waals surface area (Å²) < 4.78 is 16.1.